The van der Waals surface area contributed by atoms with Crippen molar-refractivity contribution < 1.29 is 9.84 Å². The average Bonchev–Trinajstić information content (AvgIpc) is 3.24. The third-order valence-corrected chi connectivity index (χ3v) is 5.60. The van der Waals surface area contributed by atoms with Crippen molar-refractivity contribution in [1.29, 1.82) is 0 Å². The van der Waals surface area contributed by atoms with Crippen LogP contribution in [-0.4, -0.2) is 42.1 Å². The van der Waals surface area contributed by atoms with E-state index in [4.69, 9.17) is 27.9 Å². The van der Waals surface area contributed by atoms with Gasteiger partial charge in [-0.25, -0.2) is 5.10 Å². The van der Waals surface area contributed by atoms with Gasteiger partial charge in [0, 0.05) is 16.1 Å². The summed E-state index contributed by atoms with van der Waals surface area (Å²) < 4.78 is 7.08. The molecule has 12 heteroatoms. The van der Waals surface area contributed by atoms with E-state index in [0.29, 0.717) is 44.8 Å². The van der Waals surface area contributed by atoms with Crippen LogP contribution in [0, 0.1) is 0 Å². The third-order valence-electron chi connectivity index (χ3n) is 5.05. The fourth-order valence-corrected chi connectivity index (χ4v) is 4.20. The first-order chi connectivity index (χ1) is 15.5. The topological polar surface area (TPSA) is 131 Å². The zero-order chi connectivity index (χ0) is 22.4. The molecule has 0 radical (unpaired) electrons. The van der Waals surface area contributed by atoms with Gasteiger partial charge in [-0.2, -0.15) is 9.78 Å². The smallest absolute Gasteiger partial charge is 0.288 e. The Kier molecular flexibility index (Phi) is 4.95. The number of anilines is 2. The highest BCUT2D eigenvalue weighted by Crippen LogP contribution is 2.44. The molecule has 0 unspecified atom stereocenters. The number of H-pyrrole nitrogens is 1. The van der Waals surface area contributed by atoms with Crippen LogP contribution in [-0.2, 0) is 0 Å². The second-order valence-corrected chi connectivity index (χ2v) is 7.79. The van der Waals surface area contributed by atoms with Crippen LogP contribution in [0.4, 0.5) is 11.6 Å². The SMILES string of the molecule is CCOc1cc([C@H]2c3c(-c4ccc(Cl)cc4Cl)n[nH]c(=O)c3Nc3nnnn32)ccc1O. The lowest BCUT2D eigenvalue weighted by molar-refractivity contribution is 0.317. The van der Waals surface area contributed by atoms with E-state index >= 15 is 0 Å². The second kappa shape index (κ2) is 7.81. The number of phenols is 1. The van der Waals surface area contributed by atoms with Gasteiger partial charge in [-0.05, 0) is 53.2 Å². The van der Waals surface area contributed by atoms with Crippen molar-refractivity contribution >= 4 is 34.8 Å². The highest BCUT2D eigenvalue weighted by Gasteiger charge is 2.35. The van der Waals surface area contributed by atoms with Crippen molar-refractivity contribution in [2.24, 2.45) is 0 Å². The van der Waals surface area contributed by atoms with Crippen molar-refractivity contribution in [3.63, 3.8) is 0 Å². The van der Waals surface area contributed by atoms with Gasteiger partial charge in [0.2, 0.25) is 5.95 Å². The molecule has 1 aliphatic rings. The Bertz CT molecular complexity index is 1400. The number of hydrogen-bond acceptors (Lipinski definition) is 8. The van der Waals surface area contributed by atoms with Crippen molar-refractivity contribution in [2.75, 3.05) is 11.9 Å². The van der Waals surface area contributed by atoms with Crippen molar-refractivity contribution in [3.05, 3.63) is 67.9 Å². The number of hydrogen-bond donors (Lipinski definition) is 3. The van der Waals surface area contributed by atoms with Crippen molar-refractivity contribution in [1.82, 2.24) is 30.4 Å². The Morgan fingerprint density at radius 2 is 2.06 bits per heavy atom. The van der Waals surface area contributed by atoms with Crippen LogP contribution in [0.25, 0.3) is 11.3 Å². The van der Waals surface area contributed by atoms with Crippen LogP contribution in [0.1, 0.15) is 24.1 Å². The Balaban J connectivity index is 1.80. The summed E-state index contributed by atoms with van der Waals surface area (Å²) in [6.45, 7) is 2.18. The summed E-state index contributed by atoms with van der Waals surface area (Å²) in [7, 11) is 0. The number of aromatic nitrogens is 6. The molecule has 0 bridgehead atoms. The largest absolute Gasteiger partial charge is 0.504 e. The zero-order valence-corrected chi connectivity index (χ0v) is 18.0. The molecule has 3 heterocycles. The highest BCUT2D eigenvalue weighted by atomic mass is 35.5. The average molecular weight is 472 g/mol. The van der Waals surface area contributed by atoms with Crippen LogP contribution >= 0.6 is 23.2 Å². The Hall–Kier alpha value is -3.63. The summed E-state index contributed by atoms with van der Waals surface area (Å²) in [6, 6.07) is 9.24. The predicted octanol–water partition coefficient (Wildman–Crippen LogP) is 3.53. The van der Waals surface area contributed by atoms with Gasteiger partial charge in [0.25, 0.3) is 5.56 Å². The van der Waals surface area contributed by atoms with Crippen LogP contribution in [0.15, 0.2) is 41.2 Å². The molecular formula is C20H15Cl2N7O3. The minimum atomic E-state index is -0.660. The van der Waals surface area contributed by atoms with Gasteiger partial charge in [-0.3, -0.25) is 4.79 Å². The normalized spacial score (nSPS) is 14.4. The van der Waals surface area contributed by atoms with Crippen LogP contribution < -0.4 is 15.6 Å². The maximum absolute atomic E-state index is 12.7. The second-order valence-electron chi connectivity index (χ2n) is 6.95. The quantitative estimate of drug-likeness (QED) is 0.362. The van der Waals surface area contributed by atoms with Crippen molar-refractivity contribution in [2.45, 2.75) is 13.0 Å². The number of nitrogens with one attached hydrogen (secondary N) is 2. The maximum atomic E-state index is 12.7. The lowest BCUT2D eigenvalue weighted by atomic mass is 9.92. The minimum absolute atomic E-state index is 0.00769. The number of benzene rings is 2. The standard InChI is InChI=1S/C20H15Cl2N7O3/c1-2-32-14-7-9(3-6-13(14)30)18-15-16(11-5-4-10(21)8-12(11)22)24-25-19(31)17(15)23-20-26-27-28-29(18)20/h3-8,18,30H,2H2,1H3,(H,25,31)(H,23,26,28)/t18-/m0/s1. The number of halogens is 2. The molecule has 0 spiro atoms. The number of rotatable bonds is 4. The molecule has 162 valence electrons. The van der Waals surface area contributed by atoms with Crippen LogP contribution in [0.5, 0.6) is 11.5 Å². The summed E-state index contributed by atoms with van der Waals surface area (Å²) >= 11 is 12.5. The fourth-order valence-electron chi connectivity index (χ4n) is 3.70. The Morgan fingerprint density at radius 3 is 2.84 bits per heavy atom. The van der Waals surface area contributed by atoms with Crippen molar-refractivity contribution in [3.8, 4) is 22.8 Å². The number of ether oxygens (including phenoxy) is 1. The van der Waals surface area contributed by atoms with Gasteiger partial charge in [0.05, 0.1) is 11.6 Å². The van der Waals surface area contributed by atoms with E-state index in [1.54, 1.807) is 30.3 Å². The lowest BCUT2D eigenvalue weighted by Gasteiger charge is -2.28. The molecule has 0 amide bonds. The third kappa shape index (κ3) is 3.24. The zero-order valence-electron chi connectivity index (χ0n) is 16.5. The number of nitrogens with zero attached hydrogens (tertiary/aromatic N) is 5. The molecule has 2 aromatic heterocycles. The number of aromatic amines is 1. The monoisotopic (exact) mass is 471 g/mol. The molecule has 2 aromatic carbocycles. The van der Waals surface area contributed by atoms with Crippen LogP contribution in [0.3, 0.4) is 0 Å². The summed E-state index contributed by atoms with van der Waals surface area (Å²) in [5.41, 5.74) is 1.95. The molecule has 4 aromatic rings. The number of aromatic hydroxyl groups is 1. The van der Waals surface area contributed by atoms with E-state index in [0.717, 1.165) is 0 Å². The van der Waals surface area contributed by atoms with Gasteiger partial charge in [-0.15, -0.1) is 0 Å². The molecule has 3 N–H and O–H groups in total. The number of fused-ring (bicyclic) bond motifs is 2. The molecule has 0 fully saturated rings. The first-order valence-corrected chi connectivity index (χ1v) is 10.3. The van der Waals surface area contributed by atoms with Gasteiger partial charge in [0.15, 0.2) is 11.5 Å². The van der Waals surface area contributed by atoms with Gasteiger partial charge >= 0.3 is 0 Å². The molecule has 0 saturated carbocycles. The van der Waals surface area contributed by atoms with E-state index in [9.17, 15) is 9.90 Å². The van der Waals surface area contributed by atoms with E-state index < -0.39 is 11.6 Å². The molecular weight excluding hydrogens is 457 g/mol. The molecule has 0 saturated heterocycles. The van der Waals surface area contributed by atoms with E-state index in [-0.39, 0.29) is 17.4 Å². The minimum Gasteiger partial charge on any atom is -0.504 e. The van der Waals surface area contributed by atoms with Crippen LogP contribution in [0.2, 0.25) is 10.0 Å². The molecule has 32 heavy (non-hydrogen) atoms. The fraction of sp³-hybridized carbons (Fsp3) is 0.150. The Morgan fingerprint density at radius 1 is 1.22 bits per heavy atom. The van der Waals surface area contributed by atoms with E-state index in [1.807, 2.05) is 6.92 Å². The van der Waals surface area contributed by atoms with E-state index in [1.165, 1.54) is 10.7 Å². The molecule has 5 rings (SSSR count). The molecule has 1 aliphatic heterocycles. The number of tetrazole rings is 1. The van der Waals surface area contributed by atoms with Gasteiger partial charge < -0.3 is 15.2 Å². The molecule has 1 atom stereocenters. The summed E-state index contributed by atoms with van der Waals surface area (Å²) in [6.07, 6.45) is 0. The first-order valence-electron chi connectivity index (χ1n) is 9.56. The lowest BCUT2D eigenvalue weighted by Crippen LogP contribution is -2.29. The maximum Gasteiger partial charge on any atom is 0.288 e. The summed E-state index contributed by atoms with van der Waals surface area (Å²) in [4.78, 5) is 12.7. The molecule has 0 aliphatic carbocycles. The first kappa shape index (κ1) is 20.3. The molecule has 10 nitrogen and oxygen atoms in total. The summed E-state index contributed by atoms with van der Waals surface area (Å²) in [5.74, 6) is 0.564. The predicted molar refractivity (Wildman–Crippen MR) is 118 cm³/mol. The highest BCUT2D eigenvalue weighted by molar-refractivity contribution is 6.36. The summed E-state index contributed by atoms with van der Waals surface area (Å²) in [5, 5.41) is 32.6. The van der Waals surface area contributed by atoms with Gasteiger partial charge in [-0.1, -0.05) is 34.4 Å². The van der Waals surface area contributed by atoms with E-state index in [2.05, 4.69) is 31.0 Å². The Labute approximate surface area is 190 Å². The van der Waals surface area contributed by atoms with Gasteiger partial charge in [0.1, 0.15) is 17.4 Å². The number of phenolic OH excluding ortho intramolecular Hbond substituents is 1.